The summed E-state index contributed by atoms with van der Waals surface area (Å²) in [5.74, 6) is 0. The predicted molar refractivity (Wildman–Crippen MR) is 85.6 cm³/mol. The Balaban J connectivity index is 2.23. The molecule has 0 saturated heterocycles. The van der Waals surface area contributed by atoms with Crippen molar-refractivity contribution in [2.45, 2.75) is 26.3 Å². The molecule has 2 rings (SSSR count). The van der Waals surface area contributed by atoms with Crippen LogP contribution in [0.25, 0.3) is 0 Å². The first-order valence-electron chi connectivity index (χ1n) is 6.33. The van der Waals surface area contributed by atoms with E-state index in [4.69, 9.17) is 23.2 Å². The molecule has 1 nitrogen and oxygen atoms in total. The number of hydrogen-bond acceptors (Lipinski definition) is 2. The van der Waals surface area contributed by atoms with Crippen LogP contribution in [-0.4, -0.2) is 6.54 Å². The van der Waals surface area contributed by atoms with E-state index in [1.54, 1.807) is 0 Å². The van der Waals surface area contributed by atoms with Gasteiger partial charge in [-0.3, -0.25) is 0 Å². The Kier molecular flexibility index (Phi) is 5.28. The van der Waals surface area contributed by atoms with Gasteiger partial charge in [0, 0.05) is 11.6 Å². The van der Waals surface area contributed by atoms with Crippen molar-refractivity contribution in [1.29, 1.82) is 0 Å². The molecule has 1 N–H and O–H groups in total. The average molecular weight is 314 g/mol. The highest BCUT2D eigenvalue weighted by Gasteiger charge is 2.17. The molecule has 0 saturated carbocycles. The molecule has 0 aliphatic heterocycles. The lowest BCUT2D eigenvalue weighted by Crippen LogP contribution is -2.22. The van der Waals surface area contributed by atoms with E-state index in [1.807, 2.05) is 6.07 Å². The lowest BCUT2D eigenvalue weighted by atomic mass is 10.00. The molecule has 0 aliphatic carbocycles. The van der Waals surface area contributed by atoms with Crippen molar-refractivity contribution in [1.82, 2.24) is 5.32 Å². The molecular formula is C15H17Cl2NS. The number of aryl methyl sites for hydroxylation is 1. The fourth-order valence-corrected chi connectivity index (χ4v) is 3.78. The van der Waals surface area contributed by atoms with Crippen molar-refractivity contribution < 1.29 is 0 Å². The Labute approximate surface area is 128 Å². The van der Waals surface area contributed by atoms with Crippen molar-refractivity contribution in [3.63, 3.8) is 0 Å². The molecular weight excluding hydrogens is 297 g/mol. The van der Waals surface area contributed by atoms with Gasteiger partial charge < -0.3 is 5.32 Å². The molecule has 1 heterocycles. The fraction of sp³-hybridized carbons (Fsp3) is 0.333. The monoisotopic (exact) mass is 313 g/mol. The van der Waals surface area contributed by atoms with Crippen molar-refractivity contribution in [3.05, 3.63) is 55.7 Å². The van der Waals surface area contributed by atoms with Gasteiger partial charge in [0.15, 0.2) is 0 Å². The van der Waals surface area contributed by atoms with E-state index in [1.165, 1.54) is 22.5 Å². The second kappa shape index (κ2) is 6.76. The third kappa shape index (κ3) is 3.96. The summed E-state index contributed by atoms with van der Waals surface area (Å²) < 4.78 is 1.52. The van der Waals surface area contributed by atoms with Crippen LogP contribution in [0, 0.1) is 6.92 Å². The average Bonchev–Trinajstić information content (AvgIpc) is 2.68. The van der Waals surface area contributed by atoms with Crippen LogP contribution in [0.4, 0.5) is 0 Å². The molecule has 2 aromatic rings. The second-order valence-electron chi connectivity index (χ2n) is 4.58. The fourth-order valence-electron chi connectivity index (χ4n) is 2.20. The lowest BCUT2D eigenvalue weighted by molar-refractivity contribution is 0.551. The Bertz CT molecular complexity index is 551. The first-order valence-corrected chi connectivity index (χ1v) is 7.91. The maximum Gasteiger partial charge on any atom is 0.0992 e. The molecule has 1 unspecified atom stereocenters. The topological polar surface area (TPSA) is 12.0 Å². The molecule has 19 heavy (non-hydrogen) atoms. The SMILES string of the molecule is CCNC(Cc1cccc(C)c1)c1cc(Cl)sc1Cl. The van der Waals surface area contributed by atoms with E-state index in [-0.39, 0.29) is 6.04 Å². The zero-order valence-electron chi connectivity index (χ0n) is 11.0. The van der Waals surface area contributed by atoms with E-state index >= 15 is 0 Å². The molecule has 1 atom stereocenters. The largest absolute Gasteiger partial charge is 0.310 e. The summed E-state index contributed by atoms with van der Waals surface area (Å²) in [5.41, 5.74) is 3.69. The van der Waals surface area contributed by atoms with Crippen LogP contribution in [0.2, 0.25) is 8.67 Å². The predicted octanol–water partition coefficient (Wildman–Crippen LogP) is 5.26. The molecule has 0 aliphatic rings. The molecule has 1 aromatic carbocycles. The minimum absolute atomic E-state index is 0.211. The van der Waals surface area contributed by atoms with E-state index in [2.05, 4.69) is 43.4 Å². The number of hydrogen-bond donors (Lipinski definition) is 1. The summed E-state index contributed by atoms with van der Waals surface area (Å²) in [6.45, 7) is 5.12. The first kappa shape index (κ1) is 14.9. The summed E-state index contributed by atoms with van der Waals surface area (Å²) in [5, 5.41) is 3.48. The Morgan fingerprint density at radius 2 is 2.05 bits per heavy atom. The van der Waals surface area contributed by atoms with E-state index < -0.39 is 0 Å². The highest BCUT2D eigenvalue weighted by molar-refractivity contribution is 7.20. The van der Waals surface area contributed by atoms with Gasteiger partial charge in [0.25, 0.3) is 0 Å². The minimum atomic E-state index is 0.211. The van der Waals surface area contributed by atoms with Crippen LogP contribution in [0.15, 0.2) is 30.3 Å². The van der Waals surface area contributed by atoms with E-state index in [0.29, 0.717) is 0 Å². The Morgan fingerprint density at radius 1 is 1.26 bits per heavy atom. The third-order valence-electron chi connectivity index (χ3n) is 3.03. The van der Waals surface area contributed by atoms with Gasteiger partial charge in [0.1, 0.15) is 0 Å². The minimum Gasteiger partial charge on any atom is -0.310 e. The molecule has 102 valence electrons. The van der Waals surface area contributed by atoms with Gasteiger partial charge in [-0.2, -0.15) is 0 Å². The number of rotatable bonds is 5. The number of thiophene rings is 1. The van der Waals surface area contributed by atoms with Gasteiger partial charge in [-0.15, -0.1) is 11.3 Å². The van der Waals surface area contributed by atoms with Crippen LogP contribution in [0.5, 0.6) is 0 Å². The van der Waals surface area contributed by atoms with Gasteiger partial charge in [-0.1, -0.05) is 60.0 Å². The molecule has 0 amide bonds. The second-order valence-corrected chi connectivity index (χ2v) is 6.87. The summed E-state index contributed by atoms with van der Waals surface area (Å²) in [7, 11) is 0. The summed E-state index contributed by atoms with van der Waals surface area (Å²) in [6, 6.07) is 10.8. The van der Waals surface area contributed by atoms with Crippen LogP contribution in [0.3, 0.4) is 0 Å². The van der Waals surface area contributed by atoms with Crippen LogP contribution >= 0.6 is 34.5 Å². The van der Waals surface area contributed by atoms with Gasteiger partial charge in [-0.05, 0) is 31.5 Å². The smallest absolute Gasteiger partial charge is 0.0992 e. The van der Waals surface area contributed by atoms with Gasteiger partial charge >= 0.3 is 0 Å². The zero-order valence-corrected chi connectivity index (χ0v) is 13.4. The summed E-state index contributed by atoms with van der Waals surface area (Å²) in [6.07, 6.45) is 0.919. The highest BCUT2D eigenvalue weighted by atomic mass is 35.5. The van der Waals surface area contributed by atoms with Crippen LogP contribution in [0.1, 0.15) is 29.7 Å². The van der Waals surface area contributed by atoms with Gasteiger partial charge in [0.05, 0.1) is 8.67 Å². The number of benzene rings is 1. The normalized spacial score (nSPS) is 12.6. The standard InChI is InChI=1S/C15H17Cl2NS/c1-3-18-13(12-9-14(16)19-15(12)17)8-11-6-4-5-10(2)7-11/h4-7,9,13,18H,3,8H2,1-2H3. The number of likely N-dealkylation sites (N-methyl/N-ethyl adjacent to an activating group) is 1. The summed E-state index contributed by atoms with van der Waals surface area (Å²) in [4.78, 5) is 0. The molecule has 0 bridgehead atoms. The number of nitrogens with one attached hydrogen (secondary N) is 1. The summed E-state index contributed by atoms with van der Waals surface area (Å²) >= 11 is 13.7. The van der Waals surface area contributed by atoms with Gasteiger partial charge in [-0.25, -0.2) is 0 Å². The van der Waals surface area contributed by atoms with Crippen molar-refractivity contribution in [2.24, 2.45) is 0 Å². The van der Waals surface area contributed by atoms with Crippen LogP contribution in [-0.2, 0) is 6.42 Å². The Morgan fingerprint density at radius 3 is 2.63 bits per heavy atom. The van der Waals surface area contributed by atoms with Gasteiger partial charge in [0.2, 0.25) is 0 Å². The molecule has 0 fully saturated rings. The molecule has 1 aromatic heterocycles. The van der Waals surface area contributed by atoms with Crippen LogP contribution < -0.4 is 5.32 Å². The zero-order chi connectivity index (χ0) is 13.8. The van der Waals surface area contributed by atoms with E-state index in [0.717, 1.165) is 27.2 Å². The maximum atomic E-state index is 6.27. The number of halogens is 2. The molecule has 0 radical (unpaired) electrons. The molecule has 4 heteroatoms. The lowest BCUT2D eigenvalue weighted by Gasteiger charge is -2.18. The third-order valence-corrected chi connectivity index (χ3v) is 4.55. The molecule has 0 spiro atoms. The Hall–Kier alpha value is -0.540. The quantitative estimate of drug-likeness (QED) is 0.794. The van der Waals surface area contributed by atoms with Crippen molar-refractivity contribution in [2.75, 3.05) is 6.54 Å². The van der Waals surface area contributed by atoms with E-state index in [9.17, 15) is 0 Å². The maximum absolute atomic E-state index is 6.27. The van der Waals surface area contributed by atoms with Crippen molar-refractivity contribution >= 4 is 34.5 Å². The van der Waals surface area contributed by atoms with Crippen molar-refractivity contribution in [3.8, 4) is 0 Å². The highest BCUT2D eigenvalue weighted by Crippen LogP contribution is 2.36. The first-order chi connectivity index (χ1) is 9.10.